The molecule has 1 amide bonds. The molecule has 84 valence electrons. The van der Waals surface area contributed by atoms with Gasteiger partial charge in [-0.1, -0.05) is 24.0 Å². The van der Waals surface area contributed by atoms with Crippen molar-refractivity contribution in [3.05, 3.63) is 29.1 Å². The summed E-state index contributed by atoms with van der Waals surface area (Å²) >= 11 is 6.48. The summed E-state index contributed by atoms with van der Waals surface area (Å²) in [5.74, 6) is 0.630. The Balaban J connectivity index is 2.27. The highest BCUT2D eigenvalue weighted by atomic mass is 32.2. The van der Waals surface area contributed by atoms with Crippen molar-refractivity contribution >= 4 is 40.3 Å². The first-order valence-electron chi connectivity index (χ1n) is 4.90. The average molecular weight is 253 g/mol. The van der Waals surface area contributed by atoms with Crippen LogP contribution < -0.4 is 0 Å². The molecular weight excluding hydrogens is 242 g/mol. The van der Waals surface area contributed by atoms with Crippen molar-refractivity contribution in [2.24, 2.45) is 0 Å². The smallest absolute Gasteiger partial charge is 0.266 e. The van der Waals surface area contributed by atoms with Gasteiger partial charge in [-0.25, -0.2) is 0 Å². The summed E-state index contributed by atoms with van der Waals surface area (Å²) in [6.45, 7) is 3.89. The van der Waals surface area contributed by atoms with Crippen molar-refractivity contribution in [2.75, 3.05) is 0 Å². The number of hydrogen-bond donors (Lipinski definition) is 0. The van der Waals surface area contributed by atoms with Gasteiger partial charge in [0.05, 0.1) is 11.2 Å². The van der Waals surface area contributed by atoms with Crippen molar-refractivity contribution < 1.29 is 9.21 Å². The number of hydrogen-bond acceptors (Lipinski definition) is 4. The van der Waals surface area contributed by atoms with E-state index >= 15 is 0 Å². The molecule has 0 unspecified atom stereocenters. The largest absolute Gasteiger partial charge is 0.465 e. The van der Waals surface area contributed by atoms with Gasteiger partial charge in [0.25, 0.3) is 5.91 Å². The molecule has 2 heterocycles. The van der Waals surface area contributed by atoms with E-state index in [9.17, 15) is 4.79 Å². The SMILES string of the molecule is CC(C)N1C(=O)/C(=C\c2ccco2)SC1=S. The minimum absolute atomic E-state index is 0.0404. The minimum Gasteiger partial charge on any atom is -0.465 e. The maximum Gasteiger partial charge on any atom is 0.266 e. The van der Waals surface area contributed by atoms with Gasteiger partial charge in [0.1, 0.15) is 10.1 Å². The second-order valence-corrected chi connectivity index (χ2v) is 5.34. The summed E-state index contributed by atoms with van der Waals surface area (Å²) in [6, 6.07) is 3.69. The summed E-state index contributed by atoms with van der Waals surface area (Å²) < 4.78 is 5.78. The molecule has 1 fully saturated rings. The van der Waals surface area contributed by atoms with E-state index in [2.05, 4.69) is 0 Å². The van der Waals surface area contributed by atoms with Crippen LogP contribution >= 0.6 is 24.0 Å². The molecule has 0 saturated carbocycles. The third-order valence-corrected chi connectivity index (χ3v) is 3.49. The standard InChI is InChI=1S/C11H11NO2S2/c1-7(2)12-10(13)9(16-11(12)15)6-8-4-3-5-14-8/h3-7H,1-2H3/b9-6+. The van der Waals surface area contributed by atoms with Gasteiger partial charge in [-0.3, -0.25) is 9.69 Å². The topological polar surface area (TPSA) is 33.5 Å². The monoisotopic (exact) mass is 253 g/mol. The maximum absolute atomic E-state index is 12.0. The molecule has 1 saturated heterocycles. The summed E-state index contributed by atoms with van der Waals surface area (Å²) in [4.78, 5) is 14.2. The van der Waals surface area contributed by atoms with Crippen molar-refractivity contribution in [2.45, 2.75) is 19.9 Å². The number of thiocarbonyl (C=S) groups is 1. The minimum atomic E-state index is -0.0404. The number of carbonyl (C=O) groups is 1. The zero-order chi connectivity index (χ0) is 11.7. The van der Waals surface area contributed by atoms with Gasteiger partial charge < -0.3 is 4.42 Å². The van der Waals surface area contributed by atoms with Crippen LogP contribution in [0.1, 0.15) is 19.6 Å². The van der Waals surface area contributed by atoms with Crippen LogP contribution in [0.25, 0.3) is 6.08 Å². The van der Waals surface area contributed by atoms with E-state index in [0.717, 1.165) is 0 Å². The molecule has 5 heteroatoms. The van der Waals surface area contributed by atoms with Crippen LogP contribution in [0.4, 0.5) is 0 Å². The zero-order valence-electron chi connectivity index (χ0n) is 8.97. The molecule has 0 bridgehead atoms. The van der Waals surface area contributed by atoms with Crippen LogP contribution in [-0.2, 0) is 4.79 Å². The molecule has 1 aromatic heterocycles. The summed E-state index contributed by atoms with van der Waals surface area (Å²) in [6.07, 6.45) is 3.30. The first-order valence-corrected chi connectivity index (χ1v) is 6.12. The first kappa shape index (κ1) is 11.4. The van der Waals surface area contributed by atoms with Gasteiger partial charge in [-0.15, -0.1) is 0 Å². The fourth-order valence-corrected chi connectivity index (χ4v) is 2.93. The van der Waals surface area contributed by atoms with E-state index in [-0.39, 0.29) is 11.9 Å². The Morgan fingerprint density at radius 2 is 2.31 bits per heavy atom. The predicted octanol–water partition coefficient (Wildman–Crippen LogP) is 2.89. The van der Waals surface area contributed by atoms with Crippen LogP contribution in [-0.4, -0.2) is 21.2 Å². The molecule has 0 spiro atoms. The lowest BCUT2D eigenvalue weighted by Gasteiger charge is -2.18. The van der Waals surface area contributed by atoms with E-state index in [1.807, 2.05) is 19.9 Å². The normalized spacial score (nSPS) is 19.2. The van der Waals surface area contributed by atoms with E-state index in [0.29, 0.717) is 15.0 Å². The van der Waals surface area contributed by atoms with Gasteiger partial charge in [-0.2, -0.15) is 0 Å². The Bertz CT molecular complexity index is 449. The highest BCUT2D eigenvalue weighted by Crippen LogP contribution is 2.33. The van der Waals surface area contributed by atoms with Gasteiger partial charge in [0.2, 0.25) is 0 Å². The Labute approximate surface area is 103 Å². The van der Waals surface area contributed by atoms with Crippen LogP contribution in [0.5, 0.6) is 0 Å². The molecule has 16 heavy (non-hydrogen) atoms. The summed E-state index contributed by atoms with van der Waals surface area (Å²) in [5, 5.41) is 0. The van der Waals surface area contributed by atoms with E-state index in [4.69, 9.17) is 16.6 Å². The molecule has 1 aliphatic heterocycles. The van der Waals surface area contributed by atoms with E-state index < -0.39 is 0 Å². The number of thioether (sulfide) groups is 1. The molecule has 0 aromatic carbocycles. The molecule has 0 N–H and O–H groups in total. The number of rotatable bonds is 2. The zero-order valence-corrected chi connectivity index (χ0v) is 10.6. The van der Waals surface area contributed by atoms with Crippen molar-refractivity contribution in [3.63, 3.8) is 0 Å². The highest BCUT2D eigenvalue weighted by Gasteiger charge is 2.33. The molecule has 0 atom stereocenters. The molecule has 0 radical (unpaired) electrons. The highest BCUT2D eigenvalue weighted by molar-refractivity contribution is 8.26. The number of nitrogens with zero attached hydrogens (tertiary/aromatic N) is 1. The lowest BCUT2D eigenvalue weighted by molar-refractivity contribution is -0.123. The molecular formula is C11H11NO2S2. The second kappa shape index (κ2) is 4.43. The number of amides is 1. The fraction of sp³-hybridized carbons (Fsp3) is 0.273. The Morgan fingerprint density at radius 3 is 2.81 bits per heavy atom. The van der Waals surface area contributed by atoms with Crippen molar-refractivity contribution in [1.82, 2.24) is 4.90 Å². The van der Waals surface area contributed by atoms with Crippen LogP contribution in [0.15, 0.2) is 27.7 Å². The third kappa shape index (κ3) is 2.05. The van der Waals surface area contributed by atoms with Gasteiger partial charge in [-0.05, 0) is 26.0 Å². The van der Waals surface area contributed by atoms with Crippen LogP contribution in [0.3, 0.4) is 0 Å². The molecule has 3 nitrogen and oxygen atoms in total. The molecule has 0 aliphatic carbocycles. The first-order chi connectivity index (χ1) is 7.59. The van der Waals surface area contributed by atoms with Crippen LogP contribution in [0, 0.1) is 0 Å². The molecule has 2 rings (SSSR count). The Hall–Kier alpha value is -1.07. The van der Waals surface area contributed by atoms with E-state index in [1.54, 1.807) is 23.3 Å². The Morgan fingerprint density at radius 1 is 1.56 bits per heavy atom. The fourth-order valence-electron chi connectivity index (χ4n) is 1.43. The van der Waals surface area contributed by atoms with Gasteiger partial charge >= 0.3 is 0 Å². The summed E-state index contributed by atoms with van der Waals surface area (Å²) in [5.41, 5.74) is 0. The molecule has 1 aromatic rings. The Kier molecular flexibility index (Phi) is 3.16. The predicted molar refractivity (Wildman–Crippen MR) is 68.9 cm³/mol. The number of carbonyl (C=O) groups excluding carboxylic acids is 1. The van der Waals surface area contributed by atoms with Gasteiger partial charge in [0, 0.05) is 12.1 Å². The second-order valence-electron chi connectivity index (χ2n) is 3.66. The van der Waals surface area contributed by atoms with Gasteiger partial charge in [0.15, 0.2) is 0 Å². The van der Waals surface area contributed by atoms with E-state index in [1.165, 1.54) is 11.8 Å². The van der Waals surface area contributed by atoms with Crippen molar-refractivity contribution in [3.8, 4) is 0 Å². The van der Waals surface area contributed by atoms with Crippen molar-refractivity contribution in [1.29, 1.82) is 0 Å². The van der Waals surface area contributed by atoms with Crippen LogP contribution in [0.2, 0.25) is 0 Å². The lowest BCUT2D eigenvalue weighted by atomic mass is 10.3. The molecule has 1 aliphatic rings. The quantitative estimate of drug-likeness (QED) is 0.599. The third-order valence-electron chi connectivity index (χ3n) is 2.16. The number of furan rings is 1. The maximum atomic E-state index is 12.0. The lowest BCUT2D eigenvalue weighted by Crippen LogP contribution is -2.34. The average Bonchev–Trinajstić information content (AvgIpc) is 2.76. The summed E-state index contributed by atoms with van der Waals surface area (Å²) in [7, 11) is 0.